The number of hydrogen-bond acceptors (Lipinski definition) is 6. The summed E-state index contributed by atoms with van der Waals surface area (Å²) >= 11 is 0. The van der Waals surface area contributed by atoms with Gasteiger partial charge in [0, 0.05) is 59.1 Å². The molecule has 7 rings (SSSR count). The van der Waals surface area contributed by atoms with Gasteiger partial charge in [0.05, 0.1) is 6.04 Å². The minimum absolute atomic E-state index is 0.0742. The monoisotopic (exact) mass is 447 g/mol. The number of benzene rings is 2. The summed E-state index contributed by atoms with van der Waals surface area (Å²) in [6.45, 7) is 1.06. The molecule has 166 valence electrons. The average Bonchev–Trinajstić information content (AvgIpc) is 3.53. The van der Waals surface area contributed by atoms with E-state index < -0.39 is 0 Å². The van der Waals surface area contributed by atoms with Gasteiger partial charge in [-0.05, 0) is 41.8 Å². The Morgan fingerprint density at radius 3 is 2.65 bits per heavy atom. The molecule has 5 aromatic rings. The molecule has 5 heterocycles. The maximum Gasteiger partial charge on any atom is 0.231 e. The summed E-state index contributed by atoms with van der Waals surface area (Å²) in [4.78, 5) is 19.7. The molecule has 7 heteroatoms. The topological polar surface area (TPSA) is 76.2 Å². The molecular formula is C27H21N5O2. The van der Waals surface area contributed by atoms with Gasteiger partial charge in [-0.15, -0.1) is 0 Å². The number of anilines is 1. The number of ether oxygens (including phenoxy) is 2. The molecule has 2 aromatic carbocycles. The Hall–Kier alpha value is -4.39. The third-order valence-corrected chi connectivity index (χ3v) is 6.64. The van der Waals surface area contributed by atoms with Gasteiger partial charge in [-0.2, -0.15) is 0 Å². The summed E-state index contributed by atoms with van der Waals surface area (Å²) in [5, 5.41) is 1.27. The zero-order valence-electron chi connectivity index (χ0n) is 18.3. The largest absolute Gasteiger partial charge is 0.454 e. The van der Waals surface area contributed by atoms with E-state index in [1.807, 2.05) is 36.8 Å². The molecule has 7 nitrogen and oxygen atoms in total. The van der Waals surface area contributed by atoms with Crippen LogP contribution in [-0.4, -0.2) is 33.3 Å². The first-order chi connectivity index (χ1) is 16.8. The van der Waals surface area contributed by atoms with E-state index >= 15 is 0 Å². The van der Waals surface area contributed by atoms with Crippen LogP contribution in [-0.2, 0) is 6.42 Å². The number of H-pyrrole nitrogens is 1. The molecule has 0 fully saturated rings. The summed E-state index contributed by atoms with van der Waals surface area (Å²) in [5.74, 6) is 2.24. The van der Waals surface area contributed by atoms with Crippen molar-refractivity contribution in [3.05, 3.63) is 96.2 Å². The molecule has 0 aliphatic carbocycles. The first-order valence-corrected chi connectivity index (χ1v) is 11.3. The van der Waals surface area contributed by atoms with E-state index in [0.717, 1.165) is 46.7 Å². The fourth-order valence-corrected chi connectivity index (χ4v) is 5.04. The molecule has 3 aromatic heterocycles. The van der Waals surface area contributed by atoms with Crippen LogP contribution in [0.5, 0.6) is 11.5 Å². The quantitative estimate of drug-likeness (QED) is 0.424. The predicted molar refractivity (Wildman–Crippen MR) is 129 cm³/mol. The maximum absolute atomic E-state index is 5.69. The molecule has 0 amide bonds. The third kappa shape index (κ3) is 3.01. The summed E-state index contributed by atoms with van der Waals surface area (Å²) in [6.07, 6.45) is 8.24. The number of pyridine rings is 1. The van der Waals surface area contributed by atoms with Crippen molar-refractivity contribution in [1.29, 1.82) is 0 Å². The number of rotatable bonds is 3. The highest BCUT2D eigenvalue weighted by atomic mass is 16.7. The highest BCUT2D eigenvalue weighted by Gasteiger charge is 2.34. The number of aromatic amines is 1. The van der Waals surface area contributed by atoms with E-state index in [0.29, 0.717) is 5.95 Å². The highest BCUT2D eigenvalue weighted by molar-refractivity contribution is 5.86. The van der Waals surface area contributed by atoms with Crippen LogP contribution in [0.1, 0.15) is 22.9 Å². The van der Waals surface area contributed by atoms with Crippen LogP contribution >= 0.6 is 0 Å². The van der Waals surface area contributed by atoms with Gasteiger partial charge in [-0.3, -0.25) is 4.98 Å². The third-order valence-electron chi connectivity index (χ3n) is 6.64. The van der Waals surface area contributed by atoms with Crippen molar-refractivity contribution in [1.82, 2.24) is 19.9 Å². The van der Waals surface area contributed by atoms with E-state index in [2.05, 4.69) is 51.3 Å². The first-order valence-electron chi connectivity index (χ1n) is 11.3. The lowest BCUT2D eigenvalue weighted by molar-refractivity contribution is 0.174. The van der Waals surface area contributed by atoms with Crippen molar-refractivity contribution >= 4 is 16.9 Å². The van der Waals surface area contributed by atoms with Gasteiger partial charge >= 0.3 is 0 Å². The lowest BCUT2D eigenvalue weighted by Crippen LogP contribution is -2.37. The van der Waals surface area contributed by atoms with Crippen LogP contribution in [0.25, 0.3) is 22.0 Å². The van der Waals surface area contributed by atoms with Crippen molar-refractivity contribution in [3.8, 4) is 22.6 Å². The van der Waals surface area contributed by atoms with Gasteiger partial charge in [-0.1, -0.05) is 30.3 Å². The molecule has 2 aliphatic rings. The Balaban J connectivity index is 1.35. The Morgan fingerprint density at radius 2 is 1.76 bits per heavy atom. The van der Waals surface area contributed by atoms with Gasteiger partial charge in [0.25, 0.3) is 0 Å². The zero-order valence-corrected chi connectivity index (χ0v) is 18.3. The molecule has 0 saturated heterocycles. The maximum atomic E-state index is 5.69. The summed E-state index contributed by atoms with van der Waals surface area (Å²) in [7, 11) is 0. The number of hydrogen-bond donors (Lipinski definition) is 1. The molecule has 0 saturated carbocycles. The fourth-order valence-electron chi connectivity index (χ4n) is 5.04. The van der Waals surface area contributed by atoms with E-state index in [-0.39, 0.29) is 12.8 Å². The Labute approximate surface area is 196 Å². The Kier molecular flexibility index (Phi) is 4.27. The van der Waals surface area contributed by atoms with E-state index in [1.54, 1.807) is 6.20 Å². The first kappa shape index (κ1) is 19.1. The number of aromatic nitrogens is 4. The Morgan fingerprint density at radius 1 is 0.882 bits per heavy atom. The van der Waals surface area contributed by atoms with Gasteiger partial charge in [0.15, 0.2) is 11.5 Å². The summed E-state index contributed by atoms with van der Waals surface area (Å²) < 4.78 is 11.2. The van der Waals surface area contributed by atoms with Crippen molar-refractivity contribution < 1.29 is 9.47 Å². The fraction of sp³-hybridized carbons (Fsp3) is 0.148. The molecule has 0 spiro atoms. The predicted octanol–water partition coefficient (Wildman–Crippen LogP) is 4.90. The smallest absolute Gasteiger partial charge is 0.231 e. The second-order valence-corrected chi connectivity index (χ2v) is 8.53. The molecule has 1 unspecified atom stereocenters. The molecule has 34 heavy (non-hydrogen) atoms. The van der Waals surface area contributed by atoms with Crippen LogP contribution in [0, 0.1) is 0 Å². The lowest BCUT2D eigenvalue weighted by Gasteiger charge is -2.36. The molecule has 0 bridgehead atoms. The van der Waals surface area contributed by atoms with Crippen molar-refractivity contribution in [3.63, 3.8) is 0 Å². The van der Waals surface area contributed by atoms with E-state index in [1.165, 1.54) is 16.6 Å². The summed E-state index contributed by atoms with van der Waals surface area (Å²) in [5.41, 5.74) is 6.72. The van der Waals surface area contributed by atoms with Crippen LogP contribution < -0.4 is 14.4 Å². The van der Waals surface area contributed by atoms with Gasteiger partial charge < -0.3 is 19.4 Å². The van der Waals surface area contributed by atoms with Crippen molar-refractivity contribution in [2.75, 3.05) is 18.2 Å². The normalized spacial score (nSPS) is 16.6. The average molecular weight is 447 g/mol. The molecular weight excluding hydrogens is 426 g/mol. The standard InChI is InChI=1S/C27H21N5O2/c1-2-6-22-20(5-1)21-9-11-32(27-29-14-19(15-30-27)18-4-3-10-28-13-18)26(25(21)31-22)17-7-8-23-24(12-17)34-16-33-23/h1-8,10,12-15,26,31H,9,11,16H2. The molecule has 1 atom stereocenters. The second-order valence-electron chi connectivity index (χ2n) is 8.53. The van der Waals surface area contributed by atoms with E-state index in [9.17, 15) is 0 Å². The van der Waals surface area contributed by atoms with Crippen molar-refractivity contribution in [2.24, 2.45) is 0 Å². The number of nitrogens with one attached hydrogen (secondary N) is 1. The van der Waals surface area contributed by atoms with Crippen LogP contribution in [0.15, 0.2) is 79.4 Å². The number of nitrogens with zero attached hydrogens (tertiary/aromatic N) is 4. The van der Waals surface area contributed by atoms with Crippen LogP contribution in [0.2, 0.25) is 0 Å². The van der Waals surface area contributed by atoms with Gasteiger partial charge in [0.2, 0.25) is 12.7 Å². The number of fused-ring (bicyclic) bond motifs is 4. The van der Waals surface area contributed by atoms with Crippen molar-refractivity contribution in [2.45, 2.75) is 12.5 Å². The second kappa shape index (κ2) is 7.59. The highest BCUT2D eigenvalue weighted by Crippen LogP contribution is 2.43. The van der Waals surface area contributed by atoms with Crippen LogP contribution in [0.3, 0.4) is 0 Å². The zero-order chi connectivity index (χ0) is 22.5. The van der Waals surface area contributed by atoms with Crippen LogP contribution in [0.4, 0.5) is 5.95 Å². The summed E-state index contributed by atoms with van der Waals surface area (Å²) in [6, 6.07) is 18.5. The lowest BCUT2D eigenvalue weighted by atomic mass is 9.92. The molecule has 1 N–H and O–H groups in total. The van der Waals surface area contributed by atoms with E-state index in [4.69, 9.17) is 19.4 Å². The minimum atomic E-state index is -0.0742. The minimum Gasteiger partial charge on any atom is -0.454 e. The van der Waals surface area contributed by atoms with Gasteiger partial charge in [-0.25, -0.2) is 9.97 Å². The Bertz CT molecular complexity index is 1500. The molecule has 2 aliphatic heterocycles. The molecule has 0 radical (unpaired) electrons. The van der Waals surface area contributed by atoms with Gasteiger partial charge in [0.1, 0.15) is 0 Å². The SMILES string of the molecule is c1cncc(-c2cnc(N3CCc4c([nH]c5ccccc45)C3c3ccc4c(c3)OCO4)nc2)c1. The number of para-hydroxylation sites is 1.